The molecule has 0 saturated carbocycles. The maximum atomic E-state index is 12.1. The molecule has 1 amide bonds. The lowest BCUT2D eigenvalue weighted by molar-refractivity contribution is -0.144. The van der Waals surface area contributed by atoms with Gasteiger partial charge in [0, 0.05) is 17.0 Å². The molecule has 29 heavy (non-hydrogen) atoms. The van der Waals surface area contributed by atoms with Crippen LogP contribution in [0.15, 0.2) is 65.1 Å². The Balaban J connectivity index is 1.50. The standard InChI is InChI=1S/C23H23NO5/c1-3-27-19-10-6-4-8-17(19)12-13-23(26)28-15-22(25)24-16(2)21-14-18-9-5-7-11-20(18)29-21/h4-14,16H,3,15H2,1-2H3,(H,24,25)/b13-12+/t16-/m1/s1. The lowest BCUT2D eigenvalue weighted by atomic mass is 10.2. The number of benzene rings is 2. The predicted molar refractivity (Wildman–Crippen MR) is 110 cm³/mol. The lowest BCUT2D eigenvalue weighted by Crippen LogP contribution is -2.30. The van der Waals surface area contributed by atoms with Gasteiger partial charge in [-0.2, -0.15) is 0 Å². The van der Waals surface area contributed by atoms with Crippen LogP contribution in [0.5, 0.6) is 5.75 Å². The summed E-state index contributed by atoms with van der Waals surface area (Å²) in [5, 5.41) is 3.72. The van der Waals surface area contributed by atoms with Crippen molar-refractivity contribution in [2.75, 3.05) is 13.2 Å². The summed E-state index contributed by atoms with van der Waals surface area (Å²) in [7, 11) is 0. The molecule has 1 aromatic heterocycles. The van der Waals surface area contributed by atoms with Gasteiger partial charge in [-0.05, 0) is 38.1 Å². The Morgan fingerprint density at radius 1 is 1.14 bits per heavy atom. The number of carbonyl (C=O) groups is 2. The Kier molecular flexibility index (Phi) is 6.68. The molecule has 0 aliphatic heterocycles. The average molecular weight is 393 g/mol. The fraction of sp³-hybridized carbons (Fsp3) is 0.217. The van der Waals surface area contributed by atoms with E-state index in [0.717, 1.165) is 16.5 Å². The zero-order valence-corrected chi connectivity index (χ0v) is 16.4. The number of amides is 1. The van der Waals surface area contributed by atoms with Crippen LogP contribution in [0.3, 0.4) is 0 Å². The Morgan fingerprint density at radius 2 is 1.90 bits per heavy atom. The third kappa shape index (κ3) is 5.48. The van der Waals surface area contributed by atoms with E-state index in [0.29, 0.717) is 18.1 Å². The summed E-state index contributed by atoms with van der Waals surface area (Å²) in [6.45, 7) is 3.85. The molecule has 0 aliphatic carbocycles. The van der Waals surface area contributed by atoms with E-state index < -0.39 is 11.9 Å². The van der Waals surface area contributed by atoms with Gasteiger partial charge in [0.05, 0.1) is 12.6 Å². The minimum absolute atomic E-state index is 0.345. The van der Waals surface area contributed by atoms with Crippen LogP contribution in [-0.2, 0) is 14.3 Å². The van der Waals surface area contributed by atoms with Gasteiger partial charge in [-0.25, -0.2) is 4.79 Å². The van der Waals surface area contributed by atoms with E-state index in [1.54, 1.807) is 6.08 Å². The number of furan rings is 1. The van der Waals surface area contributed by atoms with E-state index in [1.807, 2.05) is 68.4 Å². The van der Waals surface area contributed by atoms with E-state index in [2.05, 4.69) is 5.32 Å². The van der Waals surface area contributed by atoms with Crippen molar-refractivity contribution < 1.29 is 23.5 Å². The smallest absolute Gasteiger partial charge is 0.331 e. The van der Waals surface area contributed by atoms with Crippen molar-refractivity contribution in [2.24, 2.45) is 0 Å². The van der Waals surface area contributed by atoms with Gasteiger partial charge in [0.2, 0.25) is 0 Å². The molecule has 150 valence electrons. The number of rotatable bonds is 8. The first kappa shape index (κ1) is 20.2. The topological polar surface area (TPSA) is 77.8 Å². The quantitative estimate of drug-likeness (QED) is 0.457. The third-order valence-corrected chi connectivity index (χ3v) is 4.21. The highest BCUT2D eigenvalue weighted by atomic mass is 16.5. The highest BCUT2D eigenvalue weighted by Gasteiger charge is 2.15. The molecule has 0 unspecified atom stereocenters. The highest BCUT2D eigenvalue weighted by molar-refractivity contribution is 5.89. The van der Waals surface area contributed by atoms with Gasteiger partial charge >= 0.3 is 5.97 Å². The normalized spacial score (nSPS) is 12.1. The second-order valence-corrected chi connectivity index (χ2v) is 6.39. The Morgan fingerprint density at radius 3 is 2.69 bits per heavy atom. The molecule has 3 aromatic rings. The first-order chi connectivity index (χ1) is 14.1. The first-order valence-electron chi connectivity index (χ1n) is 9.41. The summed E-state index contributed by atoms with van der Waals surface area (Å²) in [6.07, 6.45) is 2.87. The van der Waals surface area contributed by atoms with Gasteiger partial charge in [-0.15, -0.1) is 0 Å². The fourth-order valence-electron chi connectivity index (χ4n) is 2.82. The highest BCUT2D eigenvalue weighted by Crippen LogP contribution is 2.23. The largest absolute Gasteiger partial charge is 0.493 e. The van der Waals surface area contributed by atoms with Crippen LogP contribution in [0.25, 0.3) is 17.0 Å². The number of ether oxygens (including phenoxy) is 2. The zero-order chi connectivity index (χ0) is 20.6. The number of fused-ring (bicyclic) bond motifs is 1. The summed E-state index contributed by atoms with van der Waals surface area (Å²) >= 11 is 0. The van der Waals surface area contributed by atoms with Gasteiger partial charge in [0.25, 0.3) is 5.91 Å². The Labute approximate surface area is 169 Å². The molecular formula is C23H23NO5. The van der Waals surface area contributed by atoms with Gasteiger partial charge in [0.1, 0.15) is 17.1 Å². The molecule has 0 aliphatic rings. The van der Waals surface area contributed by atoms with Crippen molar-refractivity contribution in [3.05, 3.63) is 72.0 Å². The number of para-hydroxylation sites is 2. The molecule has 0 saturated heterocycles. The van der Waals surface area contributed by atoms with Crippen LogP contribution in [0.4, 0.5) is 0 Å². The third-order valence-electron chi connectivity index (χ3n) is 4.21. The van der Waals surface area contributed by atoms with Crippen LogP contribution in [-0.4, -0.2) is 25.1 Å². The summed E-state index contributed by atoms with van der Waals surface area (Å²) in [6, 6.07) is 16.5. The molecule has 1 heterocycles. The number of hydrogen-bond donors (Lipinski definition) is 1. The Bertz CT molecular complexity index is 988. The molecule has 0 spiro atoms. The molecule has 3 rings (SSSR count). The molecule has 1 atom stereocenters. The van der Waals surface area contributed by atoms with Crippen LogP contribution >= 0.6 is 0 Å². The summed E-state index contributed by atoms with van der Waals surface area (Å²) < 4.78 is 16.2. The van der Waals surface area contributed by atoms with Gasteiger partial charge in [-0.1, -0.05) is 36.4 Å². The molecule has 6 heteroatoms. The SMILES string of the molecule is CCOc1ccccc1/C=C/C(=O)OCC(=O)N[C@H](C)c1cc2ccccc2o1. The summed E-state index contributed by atoms with van der Waals surface area (Å²) in [4.78, 5) is 24.0. The second-order valence-electron chi connectivity index (χ2n) is 6.39. The average Bonchev–Trinajstić information content (AvgIpc) is 3.16. The summed E-state index contributed by atoms with van der Waals surface area (Å²) in [5.74, 6) is 0.298. The minimum Gasteiger partial charge on any atom is -0.493 e. The minimum atomic E-state index is -0.608. The number of carbonyl (C=O) groups excluding carboxylic acids is 2. The van der Waals surface area contributed by atoms with Crippen LogP contribution in [0.1, 0.15) is 31.2 Å². The van der Waals surface area contributed by atoms with Crippen LogP contribution in [0, 0.1) is 0 Å². The van der Waals surface area contributed by atoms with Crippen LogP contribution in [0.2, 0.25) is 0 Å². The van der Waals surface area contributed by atoms with E-state index in [9.17, 15) is 9.59 Å². The number of hydrogen-bond acceptors (Lipinski definition) is 5. The van der Waals surface area contributed by atoms with Crippen molar-refractivity contribution >= 4 is 28.9 Å². The van der Waals surface area contributed by atoms with E-state index in [4.69, 9.17) is 13.9 Å². The fourth-order valence-corrected chi connectivity index (χ4v) is 2.82. The van der Waals surface area contributed by atoms with Gasteiger partial charge in [-0.3, -0.25) is 4.79 Å². The van der Waals surface area contributed by atoms with Crippen molar-refractivity contribution in [1.82, 2.24) is 5.32 Å². The van der Waals surface area contributed by atoms with Crippen molar-refractivity contribution in [3.63, 3.8) is 0 Å². The van der Waals surface area contributed by atoms with Crippen LogP contribution < -0.4 is 10.1 Å². The van der Waals surface area contributed by atoms with E-state index >= 15 is 0 Å². The monoisotopic (exact) mass is 393 g/mol. The summed E-state index contributed by atoms with van der Waals surface area (Å²) in [5.41, 5.74) is 1.52. The maximum Gasteiger partial charge on any atom is 0.331 e. The predicted octanol–water partition coefficient (Wildman–Crippen LogP) is 4.27. The van der Waals surface area contributed by atoms with E-state index in [1.165, 1.54) is 6.08 Å². The maximum absolute atomic E-state index is 12.1. The zero-order valence-electron chi connectivity index (χ0n) is 16.4. The van der Waals surface area contributed by atoms with Crippen molar-refractivity contribution in [1.29, 1.82) is 0 Å². The number of esters is 1. The van der Waals surface area contributed by atoms with Crippen molar-refractivity contribution in [3.8, 4) is 5.75 Å². The Hall–Kier alpha value is -3.54. The molecule has 6 nitrogen and oxygen atoms in total. The van der Waals surface area contributed by atoms with Gasteiger partial charge in [0.15, 0.2) is 6.61 Å². The molecule has 2 aromatic carbocycles. The van der Waals surface area contributed by atoms with E-state index in [-0.39, 0.29) is 12.6 Å². The molecule has 0 fully saturated rings. The molecule has 0 bridgehead atoms. The first-order valence-corrected chi connectivity index (χ1v) is 9.41. The second kappa shape index (κ2) is 9.59. The molecule has 1 N–H and O–H groups in total. The van der Waals surface area contributed by atoms with Gasteiger partial charge < -0.3 is 19.2 Å². The van der Waals surface area contributed by atoms with Crippen molar-refractivity contribution in [2.45, 2.75) is 19.9 Å². The lowest BCUT2D eigenvalue weighted by Gasteiger charge is -2.11. The number of nitrogens with one attached hydrogen (secondary N) is 1. The molecular weight excluding hydrogens is 370 g/mol. The molecule has 0 radical (unpaired) electrons.